The first kappa shape index (κ1) is 8.09. The van der Waals surface area contributed by atoms with E-state index in [1.54, 1.807) is 0 Å². The average Bonchev–Trinajstić information content (AvgIpc) is 1.61. The topological polar surface area (TPSA) is 9.23 Å². The van der Waals surface area contributed by atoms with Crippen LogP contribution in [0.4, 0.5) is 0 Å². The molecule has 0 unspecified atom stereocenters. The summed E-state index contributed by atoms with van der Waals surface area (Å²) in [5.74, 6) is 0. The number of hydrogen-bond donors (Lipinski definition) is 2. The molecule has 0 saturated heterocycles. The van der Waals surface area contributed by atoms with Crippen molar-refractivity contribution in [1.82, 2.24) is 0 Å². The van der Waals surface area contributed by atoms with Gasteiger partial charge in [0.15, 0.2) is 0 Å². The first-order chi connectivity index (χ1) is 3.27. The smallest absolute Gasteiger partial charge is 0.145 e. The summed E-state index contributed by atoms with van der Waals surface area (Å²) >= 11 is 7.88. The Bertz CT molecular complexity index is 41.9. The molecule has 0 rings (SSSR count). The lowest BCUT2D eigenvalue weighted by Gasteiger charge is -2.00. The van der Waals surface area contributed by atoms with Crippen LogP contribution < -0.4 is 0 Å². The van der Waals surface area contributed by atoms with Crippen molar-refractivity contribution >= 4 is 31.0 Å². The van der Waals surface area contributed by atoms with Crippen LogP contribution in [0.2, 0.25) is 0 Å². The molecule has 1 nitrogen and oxygen atoms in total. The van der Waals surface area contributed by atoms with Crippen molar-refractivity contribution < 1.29 is 4.52 Å². The first-order valence-corrected chi connectivity index (χ1v) is 5.64. The molecule has 0 amide bonds. The summed E-state index contributed by atoms with van der Waals surface area (Å²) in [6.45, 7) is 2.11. The van der Waals surface area contributed by atoms with Crippen molar-refractivity contribution in [2.24, 2.45) is 0 Å². The van der Waals surface area contributed by atoms with Crippen LogP contribution >= 0.6 is 31.0 Å². The van der Waals surface area contributed by atoms with E-state index in [0.29, 0.717) is 0 Å². The highest BCUT2D eigenvalue weighted by atomic mass is 33.1. The predicted molar refractivity (Wildman–Crippen MR) is 41.1 cm³/mol. The zero-order valence-corrected chi connectivity index (χ0v) is 6.85. The van der Waals surface area contributed by atoms with Crippen LogP contribution in [0.5, 0.6) is 0 Å². The average molecular weight is 156 g/mol. The van der Waals surface area contributed by atoms with E-state index in [9.17, 15) is 0 Å². The lowest BCUT2D eigenvalue weighted by atomic mass is 10.5. The Morgan fingerprint density at radius 1 is 1.57 bits per heavy atom. The highest BCUT2D eigenvalue weighted by Crippen LogP contribution is 2.46. The second-order valence-corrected chi connectivity index (χ2v) is 4.98. The summed E-state index contributed by atoms with van der Waals surface area (Å²) in [5.41, 5.74) is 0. The molecule has 0 aromatic heterocycles. The fraction of sp³-hybridized carbons (Fsp3) is 1.00. The summed E-state index contributed by atoms with van der Waals surface area (Å²) < 4.78 is 4.98. The van der Waals surface area contributed by atoms with E-state index in [0.717, 1.165) is 13.0 Å². The van der Waals surface area contributed by atoms with Gasteiger partial charge in [-0.3, -0.25) is 0 Å². The second kappa shape index (κ2) is 5.23. The molecule has 4 heteroatoms. The van der Waals surface area contributed by atoms with Crippen LogP contribution in [0.25, 0.3) is 0 Å². The molecule has 0 aliphatic heterocycles. The van der Waals surface area contributed by atoms with Crippen LogP contribution in [0, 0.1) is 0 Å². The highest BCUT2D eigenvalue weighted by molar-refractivity contribution is 8.76. The summed E-state index contributed by atoms with van der Waals surface area (Å²) in [4.78, 5) is 0. The van der Waals surface area contributed by atoms with E-state index in [4.69, 9.17) is 4.52 Å². The number of hydrogen-bond acceptors (Lipinski definition) is 3. The molecule has 7 heavy (non-hydrogen) atoms. The van der Waals surface area contributed by atoms with Crippen LogP contribution in [0.3, 0.4) is 0 Å². The third kappa shape index (κ3) is 7.09. The fourth-order valence-corrected chi connectivity index (χ4v) is 1.01. The Kier molecular flexibility index (Phi) is 6.05. The summed E-state index contributed by atoms with van der Waals surface area (Å²) in [7, 11) is 0. The molecule has 0 bridgehead atoms. The van der Waals surface area contributed by atoms with Crippen LogP contribution in [0.1, 0.15) is 13.3 Å². The molecule has 0 heterocycles. The van der Waals surface area contributed by atoms with Gasteiger partial charge in [0.2, 0.25) is 0 Å². The van der Waals surface area contributed by atoms with E-state index < -0.39 is 6.55 Å². The minimum atomic E-state index is -0.717. The Hall–Kier alpha value is 1.09. The summed E-state index contributed by atoms with van der Waals surface area (Å²) in [6.07, 6.45) is 1.04. The van der Waals surface area contributed by atoms with Crippen molar-refractivity contribution in [1.29, 1.82) is 0 Å². The van der Waals surface area contributed by atoms with Crippen molar-refractivity contribution in [3.63, 3.8) is 0 Å². The molecule has 0 aromatic carbocycles. The standard InChI is InChI=1S/C3H9OPS2/c1-2-3-4-5(6)7/h6-7H,2-3H2,1H3. The second-order valence-electron chi connectivity index (χ2n) is 1.09. The quantitative estimate of drug-likeness (QED) is 0.471. The molecule has 0 atom stereocenters. The maximum Gasteiger partial charge on any atom is 0.145 e. The summed E-state index contributed by atoms with van der Waals surface area (Å²) in [6, 6.07) is 0. The van der Waals surface area contributed by atoms with Gasteiger partial charge in [-0.05, 0) is 6.42 Å². The number of rotatable bonds is 3. The highest BCUT2D eigenvalue weighted by Gasteiger charge is 1.89. The van der Waals surface area contributed by atoms with Crippen molar-refractivity contribution in [2.75, 3.05) is 6.61 Å². The third-order valence-electron chi connectivity index (χ3n) is 0.411. The van der Waals surface area contributed by atoms with E-state index in [1.165, 1.54) is 0 Å². The molecule has 0 fully saturated rings. The molecule has 0 saturated carbocycles. The molecule has 0 aliphatic rings. The van der Waals surface area contributed by atoms with Crippen molar-refractivity contribution in [3.05, 3.63) is 0 Å². The molecular weight excluding hydrogens is 147 g/mol. The zero-order chi connectivity index (χ0) is 5.70. The van der Waals surface area contributed by atoms with Gasteiger partial charge in [0.25, 0.3) is 0 Å². The van der Waals surface area contributed by atoms with Gasteiger partial charge in [-0.2, -0.15) is 0 Å². The van der Waals surface area contributed by atoms with Gasteiger partial charge in [0, 0.05) is 0 Å². The first-order valence-electron chi connectivity index (χ1n) is 2.08. The molecule has 44 valence electrons. The summed E-state index contributed by atoms with van der Waals surface area (Å²) in [5, 5.41) is 0. The minimum Gasteiger partial charge on any atom is -0.339 e. The van der Waals surface area contributed by atoms with Crippen molar-refractivity contribution in [3.8, 4) is 0 Å². The molecule has 0 aromatic rings. The molecule has 0 aliphatic carbocycles. The van der Waals surface area contributed by atoms with E-state index >= 15 is 0 Å². The maximum absolute atomic E-state index is 4.98. The van der Waals surface area contributed by atoms with Crippen LogP contribution in [-0.4, -0.2) is 6.61 Å². The van der Waals surface area contributed by atoms with Gasteiger partial charge in [-0.1, -0.05) is 6.92 Å². The van der Waals surface area contributed by atoms with E-state index in [1.807, 2.05) is 0 Å². The van der Waals surface area contributed by atoms with Gasteiger partial charge < -0.3 is 4.52 Å². The van der Waals surface area contributed by atoms with E-state index in [-0.39, 0.29) is 0 Å². The van der Waals surface area contributed by atoms with Gasteiger partial charge >= 0.3 is 0 Å². The predicted octanol–water partition coefficient (Wildman–Crippen LogP) is 2.50. The Morgan fingerprint density at radius 2 is 2.14 bits per heavy atom. The SMILES string of the molecule is CCCOP(S)S. The van der Waals surface area contributed by atoms with E-state index in [2.05, 4.69) is 31.4 Å². The molecular formula is C3H9OPS2. The van der Waals surface area contributed by atoms with Crippen LogP contribution in [-0.2, 0) is 4.52 Å². The molecule has 0 spiro atoms. The minimum absolute atomic E-state index is 0.717. The largest absolute Gasteiger partial charge is 0.339 e. The maximum atomic E-state index is 4.98. The van der Waals surface area contributed by atoms with Crippen LogP contribution in [0.15, 0.2) is 0 Å². The van der Waals surface area contributed by atoms with Gasteiger partial charge in [0.05, 0.1) is 6.61 Å². The monoisotopic (exact) mass is 156 g/mol. The van der Waals surface area contributed by atoms with Gasteiger partial charge in [-0.15, -0.1) is 24.5 Å². The zero-order valence-electron chi connectivity index (χ0n) is 4.16. The lowest BCUT2D eigenvalue weighted by molar-refractivity contribution is 0.367. The molecule has 0 radical (unpaired) electrons. The normalized spacial score (nSPS) is 10.3. The van der Waals surface area contributed by atoms with Gasteiger partial charge in [0.1, 0.15) is 6.55 Å². The Balaban J connectivity index is 2.68. The third-order valence-corrected chi connectivity index (χ3v) is 1.52. The number of thiol groups is 2. The fourth-order valence-electron chi connectivity index (χ4n) is 0.173. The Labute approximate surface area is 56.0 Å². The van der Waals surface area contributed by atoms with Crippen molar-refractivity contribution in [2.45, 2.75) is 13.3 Å². The Morgan fingerprint density at radius 3 is 2.29 bits per heavy atom. The molecule has 0 N–H and O–H groups in total. The lowest BCUT2D eigenvalue weighted by Crippen LogP contribution is -1.78. The van der Waals surface area contributed by atoms with Gasteiger partial charge in [-0.25, -0.2) is 0 Å².